The fraction of sp³-hybridized carbons (Fsp3) is 0. The zero-order valence-electron chi connectivity index (χ0n) is 6.02. The van der Waals surface area contributed by atoms with Gasteiger partial charge in [-0.3, -0.25) is 0 Å². The first-order valence-corrected chi connectivity index (χ1v) is 5.44. The number of aromatic nitrogens is 2. The van der Waals surface area contributed by atoms with Gasteiger partial charge in [0.2, 0.25) is 0 Å². The number of hydrogen-bond donors (Lipinski definition) is 2. The van der Waals surface area contributed by atoms with Crippen molar-refractivity contribution in [2.45, 2.75) is 14.3 Å². The molecule has 0 aliphatic carbocycles. The van der Waals surface area contributed by atoms with E-state index in [9.17, 15) is 0 Å². The topological polar surface area (TPSA) is 28.7 Å². The Bertz CT molecular complexity index is 352. The summed E-state index contributed by atoms with van der Waals surface area (Å²) in [5.41, 5.74) is 0. The summed E-state index contributed by atoms with van der Waals surface area (Å²) >= 11 is 7.59. The van der Waals surface area contributed by atoms with Crippen LogP contribution in [0.15, 0.2) is 38.1 Å². The fourth-order valence-corrected chi connectivity index (χ4v) is 2.93. The van der Waals surface area contributed by atoms with E-state index in [2.05, 4.69) is 22.6 Å². The first kappa shape index (κ1) is 8.22. The summed E-state index contributed by atoms with van der Waals surface area (Å²) in [5, 5.41) is 2.93. The van der Waals surface area contributed by atoms with Gasteiger partial charge in [0.15, 0.2) is 5.16 Å². The van der Waals surface area contributed by atoms with Crippen LogP contribution in [0.3, 0.4) is 0 Å². The quantitative estimate of drug-likeness (QED) is 0.753. The highest BCUT2D eigenvalue weighted by Crippen LogP contribution is 2.34. The van der Waals surface area contributed by atoms with Gasteiger partial charge in [-0.25, -0.2) is 4.98 Å². The summed E-state index contributed by atoms with van der Waals surface area (Å²) < 4.78 is 1.17. The van der Waals surface area contributed by atoms with Gasteiger partial charge in [-0.05, 0) is 23.2 Å². The molecule has 0 amide bonds. The predicted octanol–water partition coefficient (Wildman–Crippen LogP) is 2.91. The van der Waals surface area contributed by atoms with Crippen molar-refractivity contribution in [3.8, 4) is 0 Å². The fourth-order valence-electron chi connectivity index (χ4n) is 0.759. The zero-order chi connectivity index (χ0) is 8.39. The highest BCUT2D eigenvalue weighted by Gasteiger charge is 2.03. The molecule has 0 spiro atoms. The van der Waals surface area contributed by atoms with E-state index in [1.807, 2.05) is 17.6 Å². The SMILES string of the molecule is Sc1ccsc1Sc1ncc[nH]1. The first-order chi connectivity index (χ1) is 5.86. The molecule has 12 heavy (non-hydrogen) atoms. The first-order valence-electron chi connectivity index (χ1n) is 3.30. The molecule has 0 fully saturated rings. The van der Waals surface area contributed by atoms with Gasteiger partial charge in [0.05, 0.1) is 4.21 Å². The van der Waals surface area contributed by atoms with Crippen molar-refractivity contribution in [2.24, 2.45) is 0 Å². The van der Waals surface area contributed by atoms with Crippen LogP contribution in [0.2, 0.25) is 0 Å². The van der Waals surface area contributed by atoms with Crippen molar-refractivity contribution in [3.63, 3.8) is 0 Å². The third kappa shape index (κ3) is 1.68. The maximum Gasteiger partial charge on any atom is 0.170 e. The number of nitrogens with zero attached hydrogens (tertiary/aromatic N) is 1. The summed E-state index contributed by atoms with van der Waals surface area (Å²) in [6.07, 6.45) is 3.56. The van der Waals surface area contributed by atoms with Crippen LogP contribution < -0.4 is 0 Å². The molecule has 0 atom stereocenters. The molecule has 0 saturated carbocycles. The molecule has 0 aromatic carbocycles. The Morgan fingerprint density at radius 1 is 1.58 bits per heavy atom. The van der Waals surface area contributed by atoms with E-state index in [4.69, 9.17) is 0 Å². The van der Waals surface area contributed by atoms with Crippen molar-refractivity contribution >= 4 is 35.7 Å². The Hall–Kier alpha value is -0.390. The van der Waals surface area contributed by atoms with E-state index in [0.717, 1.165) is 10.1 Å². The van der Waals surface area contributed by atoms with Crippen LogP contribution >= 0.6 is 35.7 Å². The van der Waals surface area contributed by atoms with E-state index in [1.54, 1.807) is 29.3 Å². The van der Waals surface area contributed by atoms with Crippen LogP contribution in [-0.2, 0) is 0 Å². The van der Waals surface area contributed by atoms with Crippen molar-refractivity contribution in [3.05, 3.63) is 23.8 Å². The molecule has 0 unspecified atom stereocenters. The Morgan fingerprint density at radius 3 is 3.08 bits per heavy atom. The second kappa shape index (κ2) is 3.55. The molecule has 0 bridgehead atoms. The molecule has 0 saturated heterocycles. The van der Waals surface area contributed by atoms with Crippen molar-refractivity contribution in [1.82, 2.24) is 9.97 Å². The minimum absolute atomic E-state index is 0.910. The van der Waals surface area contributed by atoms with Gasteiger partial charge in [0.1, 0.15) is 0 Å². The van der Waals surface area contributed by atoms with Gasteiger partial charge < -0.3 is 4.98 Å². The minimum Gasteiger partial charge on any atom is -0.339 e. The van der Waals surface area contributed by atoms with Crippen molar-refractivity contribution < 1.29 is 0 Å². The molecular formula is C7H6N2S3. The standard InChI is InChI=1S/C7H6N2S3/c10-5-1-4-11-6(5)12-7-8-2-3-9-7/h1-4,10H,(H,8,9). The Morgan fingerprint density at radius 2 is 2.50 bits per heavy atom. The van der Waals surface area contributed by atoms with Crippen LogP contribution in [0.5, 0.6) is 0 Å². The lowest BCUT2D eigenvalue weighted by atomic mass is 10.7. The van der Waals surface area contributed by atoms with E-state index >= 15 is 0 Å². The number of rotatable bonds is 2. The largest absolute Gasteiger partial charge is 0.339 e. The van der Waals surface area contributed by atoms with Gasteiger partial charge in [0.25, 0.3) is 0 Å². The number of thiophene rings is 1. The van der Waals surface area contributed by atoms with E-state index in [0.29, 0.717) is 0 Å². The lowest BCUT2D eigenvalue weighted by Crippen LogP contribution is -1.71. The highest BCUT2D eigenvalue weighted by atomic mass is 32.2. The van der Waals surface area contributed by atoms with E-state index in [-0.39, 0.29) is 0 Å². The number of hydrogen-bond acceptors (Lipinski definition) is 4. The smallest absolute Gasteiger partial charge is 0.170 e. The Kier molecular flexibility index (Phi) is 2.43. The summed E-state index contributed by atoms with van der Waals surface area (Å²) in [5.74, 6) is 0. The molecule has 2 nitrogen and oxygen atoms in total. The van der Waals surface area contributed by atoms with Gasteiger partial charge in [-0.15, -0.1) is 24.0 Å². The maximum atomic E-state index is 4.31. The summed E-state index contributed by atoms with van der Waals surface area (Å²) in [6.45, 7) is 0. The number of aromatic amines is 1. The second-order valence-corrected chi connectivity index (χ2v) is 4.75. The van der Waals surface area contributed by atoms with E-state index < -0.39 is 0 Å². The molecule has 2 aromatic heterocycles. The maximum absolute atomic E-state index is 4.31. The lowest BCUT2D eigenvalue weighted by Gasteiger charge is -1.93. The molecule has 0 aliphatic heterocycles. The predicted molar refractivity (Wildman–Crippen MR) is 54.3 cm³/mol. The number of thiol groups is 1. The van der Waals surface area contributed by atoms with Crippen LogP contribution in [-0.4, -0.2) is 9.97 Å². The van der Waals surface area contributed by atoms with Gasteiger partial charge in [0, 0.05) is 17.3 Å². The van der Waals surface area contributed by atoms with Gasteiger partial charge in [-0.1, -0.05) is 0 Å². The average Bonchev–Trinajstić information content (AvgIpc) is 2.65. The second-order valence-electron chi connectivity index (χ2n) is 2.09. The molecule has 2 aromatic rings. The lowest BCUT2D eigenvalue weighted by molar-refractivity contribution is 1.06. The Labute approximate surface area is 83.8 Å². The third-order valence-electron chi connectivity index (χ3n) is 1.27. The molecule has 2 heterocycles. The van der Waals surface area contributed by atoms with Gasteiger partial charge in [-0.2, -0.15) is 0 Å². The summed E-state index contributed by atoms with van der Waals surface area (Å²) in [4.78, 5) is 8.15. The van der Waals surface area contributed by atoms with Crippen LogP contribution in [0.1, 0.15) is 0 Å². The van der Waals surface area contributed by atoms with Crippen molar-refractivity contribution in [2.75, 3.05) is 0 Å². The zero-order valence-corrected chi connectivity index (χ0v) is 8.55. The van der Waals surface area contributed by atoms with Crippen LogP contribution in [0, 0.1) is 0 Å². The molecular weight excluding hydrogens is 208 g/mol. The molecule has 0 aliphatic rings. The highest BCUT2D eigenvalue weighted by molar-refractivity contribution is 8.01. The number of nitrogens with one attached hydrogen (secondary N) is 1. The van der Waals surface area contributed by atoms with Gasteiger partial charge >= 0.3 is 0 Å². The summed E-state index contributed by atoms with van der Waals surface area (Å²) in [6, 6.07) is 1.99. The number of H-pyrrole nitrogens is 1. The van der Waals surface area contributed by atoms with E-state index in [1.165, 1.54) is 4.21 Å². The van der Waals surface area contributed by atoms with Crippen molar-refractivity contribution in [1.29, 1.82) is 0 Å². The number of imidazole rings is 1. The third-order valence-corrected chi connectivity index (χ3v) is 4.01. The minimum atomic E-state index is 0.910. The monoisotopic (exact) mass is 214 g/mol. The normalized spacial score (nSPS) is 10.4. The molecule has 0 radical (unpaired) electrons. The Balaban J connectivity index is 2.20. The van der Waals surface area contributed by atoms with Crippen LogP contribution in [0.25, 0.3) is 0 Å². The average molecular weight is 214 g/mol. The molecule has 2 rings (SSSR count). The summed E-state index contributed by atoms with van der Waals surface area (Å²) in [7, 11) is 0. The van der Waals surface area contributed by atoms with Crippen LogP contribution in [0.4, 0.5) is 0 Å². The molecule has 5 heteroatoms. The molecule has 1 N–H and O–H groups in total. The molecule has 62 valence electrons.